The van der Waals surface area contributed by atoms with Crippen LogP contribution in [0.2, 0.25) is 0 Å². The predicted octanol–water partition coefficient (Wildman–Crippen LogP) is 2.41. The summed E-state index contributed by atoms with van der Waals surface area (Å²) in [6.45, 7) is 0. The molecular weight excluding hydrogens is 218 g/mol. The zero-order valence-electron chi connectivity index (χ0n) is 7.39. The number of nitrogens with zero attached hydrogens (tertiary/aromatic N) is 1. The minimum atomic E-state index is -0.214. The number of thioether (sulfide) groups is 1. The molecule has 1 aromatic heterocycles. The molecule has 0 atom stereocenters. The van der Waals surface area contributed by atoms with E-state index in [9.17, 15) is 9.59 Å². The lowest BCUT2D eigenvalue weighted by Gasteiger charge is -2.00. The highest BCUT2D eigenvalue weighted by Crippen LogP contribution is 2.31. The number of hydrogen-bond donors (Lipinski definition) is 0. The SMILES string of the molecule is CN1C(=O)SC(=Cc2cccs2)C1=O. The molecule has 1 aliphatic rings. The summed E-state index contributed by atoms with van der Waals surface area (Å²) in [5.41, 5.74) is 0. The third-order valence-electron chi connectivity index (χ3n) is 1.80. The van der Waals surface area contributed by atoms with Crippen LogP contribution in [0.3, 0.4) is 0 Å². The molecule has 0 N–H and O–H groups in total. The number of carbonyl (C=O) groups excluding carboxylic acids is 2. The molecule has 0 bridgehead atoms. The molecule has 5 heteroatoms. The van der Waals surface area contributed by atoms with Gasteiger partial charge in [0.2, 0.25) is 0 Å². The van der Waals surface area contributed by atoms with Crippen LogP contribution in [0.25, 0.3) is 6.08 Å². The molecule has 2 amide bonds. The van der Waals surface area contributed by atoms with Crippen molar-refractivity contribution in [3.05, 3.63) is 27.3 Å². The largest absolute Gasteiger partial charge is 0.293 e. The number of imide groups is 1. The van der Waals surface area contributed by atoms with E-state index < -0.39 is 0 Å². The Labute approximate surface area is 89.4 Å². The summed E-state index contributed by atoms with van der Waals surface area (Å²) in [5.74, 6) is -0.214. The molecule has 1 aliphatic heterocycles. The number of rotatable bonds is 1. The summed E-state index contributed by atoms with van der Waals surface area (Å²) in [4.78, 5) is 25.2. The van der Waals surface area contributed by atoms with Gasteiger partial charge in [0.1, 0.15) is 0 Å². The molecule has 2 heterocycles. The predicted molar refractivity (Wildman–Crippen MR) is 58.1 cm³/mol. The fourth-order valence-electron chi connectivity index (χ4n) is 1.05. The summed E-state index contributed by atoms with van der Waals surface area (Å²) < 4.78 is 0. The van der Waals surface area contributed by atoms with Crippen molar-refractivity contribution >= 4 is 40.3 Å². The summed E-state index contributed by atoms with van der Waals surface area (Å²) in [6, 6.07) is 3.82. The van der Waals surface area contributed by atoms with Crippen LogP contribution >= 0.6 is 23.1 Å². The number of thiophene rings is 1. The molecule has 1 aromatic rings. The number of carbonyl (C=O) groups is 2. The Morgan fingerprint density at radius 3 is 2.71 bits per heavy atom. The van der Waals surface area contributed by atoms with E-state index in [0.717, 1.165) is 21.5 Å². The first-order chi connectivity index (χ1) is 6.68. The van der Waals surface area contributed by atoms with Gasteiger partial charge in [-0.3, -0.25) is 14.5 Å². The first kappa shape index (κ1) is 9.48. The normalized spacial score (nSPS) is 19.8. The van der Waals surface area contributed by atoms with Crippen LogP contribution in [-0.4, -0.2) is 23.1 Å². The van der Waals surface area contributed by atoms with E-state index in [0.29, 0.717) is 4.91 Å². The molecule has 0 saturated carbocycles. The molecule has 0 aliphatic carbocycles. The second-order valence-electron chi connectivity index (χ2n) is 2.76. The smallest absolute Gasteiger partial charge is 0.272 e. The van der Waals surface area contributed by atoms with E-state index in [1.807, 2.05) is 17.5 Å². The van der Waals surface area contributed by atoms with Gasteiger partial charge < -0.3 is 0 Å². The van der Waals surface area contributed by atoms with E-state index in [2.05, 4.69) is 0 Å². The molecule has 0 unspecified atom stereocenters. The zero-order valence-corrected chi connectivity index (χ0v) is 9.02. The Bertz CT molecular complexity index is 408. The van der Waals surface area contributed by atoms with Gasteiger partial charge in [-0.2, -0.15) is 0 Å². The first-order valence-corrected chi connectivity index (χ1v) is 5.63. The second-order valence-corrected chi connectivity index (χ2v) is 4.73. The topological polar surface area (TPSA) is 37.4 Å². The van der Waals surface area contributed by atoms with E-state index in [-0.39, 0.29) is 11.1 Å². The van der Waals surface area contributed by atoms with Gasteiger partial charge in [0.25, 0.3) is 11.1 Å². The van der Waals surface area contributed by atoms with Gasteiger partial charge in [-0.15, -0.1) is 11.3 Å². The van der Waals surface area contributed by atoms with Gasteiger partial charge in [-0.05, 0) is 29.3 Å². The van der Waals surface area contributed by atoms with Gasteiger partial charge in [0.05, 0.1) is 4.91 Å². The van der Waals surface area contributed by atoms with E-state index in [1.165, 1.54) is 7.05 Å². The van der Waals surface area contributed by atoms with Gasteiger partial charge in [-0.1, -0.05) is 6.07 Å². The molecule has 0 spiro atoms. The van der Waals surface area contributed by atoms with Crippen molar-refractivity contribution in [2.45, 2.75) is 0 Å². The van der Waals surface area contributed by atoms with Gasteiger partial charge in [-0.25, -0.2) is 0 Å². The van der Waals surface area contributed by atoms with Crippen molar-refractivity contribution in [2.75, 3.05) is 7.05 Å². The highest BCUT2D eigenvalue weighted by molar-refractivity contribution is 8.18. The lowest BCUT2D eigenvalue weighted by Crippen LogP contribution is -2.22. The second kappa shape index (κ2) is 3.59. The maximum absolute atomic E-state index is 11.5. The summed E-state index contributed by atoms with van der Waals surface area (Å²) in [6.07, 6.45) is 1.75. The highest BCUT2D eigenvalue weighted by Gasteiger charge is 2.31. The van der Waals surface area contributed by atoms with Gasteiger partial charge >= 0.3 is 0 Å². The minimum Gasteiger partial charge on any atom is -0.272 e. The van der Waals surface area contributed by atoms with Crippen LogP contribution in [0, 0.1) is 0 Å². The third kappa shape index (κ3) is 1.60. The maximum atomic E-state index is 11.5. The molecule has 3 nitrogen and oxygen atoms in total. The lowest BCUT2D eigenvalue weighted by atomic mass is 10.4. The fraction of sp³-hybridized carbons (Fsp3) is 0.111. The zero-order chi connectivity index (χ0) is 10.1. The quantitative estimate of drug-likeness (QED) is 0.689. The van der Waals surface area contributed by atoms with E-state index >= 15 is 0 Å². The monoisotopic (exact) mass is 225 g/mol. The van der Waals surface area contributed by atoms with Crippen molar-refractivity contribution in [3.8, 4) is 0 Å². The van der Waals surface area contributed by atoms with Crippen molar-refractivity contribution in [1.82, 2.24) is 4.90 Å². The fourth-order valence-corrected chi connectivity index (χ4v) is 2.60. The van der Waals surface area contributed by atoms with Crippen LogP contribution in [0.15, 0.2) is 22.4 Å². The van der Waals surface area contributed by atoms with Crippen LogP contribution in [0.5, 0.6) is 0 Å². The molecule has 2 rings (SSSR count). The molecule has 14 heavy (non-hydrogen) atoms. The van der Waals surface area contributed by atoms with Crippen molar-refractivity contribution in [1.29, 1.82) is 0 Å². The molecule has 0 radical (unpaired) electrons. The number of likely N-dealkylation sites (N-methyl/N-ethyl adjacent to an activating group) is 1. The average Bonchev–Trinajstić information content (AvgIpc) is 2.73. The average molecular weight is 225 g/mol. The maximum Gasteiger partial charge on any atom is 0.293 e. The molecule has 0 aromatic carbocycles. The standard InChI is InChI=1S/C9H7NO2S2/c1-10-8(11)7(14-9(10)12)5-6-3-2-4-13-6/h2-5H,1H3. The minimum absolute atomic E-state index is 0.210. The summed E-state index contributed by atoms with van der Waals surface area (Å²) in [7, 11) is 1.49. The lowest BCUT2D eigenvalue weighted by molar-refractivity contribution is -0.121. The molecule has 72 valence electrons. The van der Waals surface area contributed by atoms with Crippen LogP contribution in [-0.2, 0) is 4.79 Å². The highest BCUT2D eigenvalue weighted by atomic mass is 32.2. The molecule has 1 saturated heterocycles. The van der Waals surface area contributed by atoms with Crippen LogP contribution in [0.4, 0.5) is 4.79 Å². The van der Waals surface area contributed by atoms with Gasteiger partial charge in [0, 0.05) is 11.9 Å². The number of hydrogen-bond acceptors (Lipinski definition) is 4. The van der Waals surface area contributed by atoms with E-state index in [1.54, 1.807) is 17.4 Å². The first-order valence-electron chi connectivity index (χ1n) is 3.93. The molecule has 1 fully saturated rings. The Morgan fingerprint density at radius 2 is 2.21 bits per heavy atom. The third-order valence-corrected chi connectivity index (χ3v) is 3.58. The van der Waals surface area contributed by atoms with Crippen molar-refractivity contribution in [2.24, 2.45) is 0 Å². The van der Waals surface area contributed by atoms with Crippen molar-refractivity contribution < 1.29 is 9.59 Å². The van der Waals surface area contributed by atoms with Crippen molar-refractivity contribution in [3.63, 3.8) is 0 Å². The van der Waals surface area contributed by atoms with Crippen LogP contribution in [0.1, 0.15) is 4.88 Å². The summed E-state index contributed by atoms with van der Waals surface area (Å²) in [5, 5.41) is 1.72. The Balaban J connectivity index is 2.29. The molecular formula is C9H7NO2S2. The van der Waals surface area contributed by atoms with Gasteiger partial charge in [0.15, 0.2) is 0 Å². The Hall–Kier alpha value is -1.07. The summed E-state index contributed by atoms with van der Waals surface area (Å²) >= 11 is 2.53. The van der Waals surface area contributed by atoms with E-state index in [4.69, 9.17) is 0 Å². The Morgan fingerprint density at radius 1 is 1.43 bits per heavy atom. The Kier molecular flexibility index (Phi) is 2.43. The van der Waals surface area contributed by atoms with Crippen LogP contribution < -0.4 is 0 Å². The number of amides is 2.